The van der Waals surface area contributed by atoms with E-state index >= 15 is 0 Å². The van der Waals surface area contributed by atoms with Crippen LogP contribution in [0.4, 0.5) is 0 Å². The molecule has 106 valence electrons. The highest BCUT2D eigenvalue weighted by Crippen LogP contribution is 2.26. The number of rotatable bonds is 5. The fraction of sp³-hybridized carbons (Fsp3) is 0.647. The van der Waals surface area contributed by atoms with E-state index in [0.717, 1.165) is 16.8 Å². The van der Waals surface area contributed by atoms with Crippen LogP contribution in [-0.4, -0.2) is 12.1 Å². The Bertz CT molecular complexity index is 367. The van der Waals surface area contributed by atoms with E-state index in [1.54, 1.807) is 0 Å². The van der Waals surface area contributed by atoms with Crippen LogP contribution in [0, 0.1) is 5.92 Å². The van der Waals surface area contributed by atoms with Crippen molar-refractivity contribution < 1.29 is 0 Å². The Morgan fingerprint density at radius 1 is 1.11 bits per heavy atom. The summed E-state index contributed by atoms with van der Waals surface area (Å²) in [5, 5.41) is 3.80. The standard InChI is InChI=1S/C17H26BrN/c1-13(12-15-8-10-17(18)11-9-15)19-14(2)16-6-4-3-5-7-16/h8-11,13-14,16,19H,3-7,12H2,1-2H3. The topological polar surface area (TPSA) is 12.0 Å². The molecule has 1 fully saturated rings. The van der Waals surface area contributed by atoms with Crippen molar-refractivity contribution in [3.8, 4) is 0 Å². The normalized spacial score (nSPS) is 20.2. The number of halogens is 1. The minimum atomic E-state index is 0.554. The van der Waals surface area contributed by atoms with Gasteiger partial charge in [-0.25, -0.2) is 0 Å². The van der Waals surface area contributed by atoms with Gasteiger partial charge in [-0.15, -0.1) is 0 Å². The SMILES string of the molecule is CC(Cc1ccc(Br)cc1)NC(C)C1CCCCC1. The highest BCUT2D eigenvalue weighted by molar-refractivity contribution is 9.10. The maximum absolute atomic E-state index is 3.80. The molecule has 1 aromatic carbocycles. The van der Waals surface area contributed by atoms with Crippen LogP contribution in [0.5, 0.6) is 0 Å². The smallest absolute Gasteiger partial charge is 0.0175 e. The van der Waals surface area contributed by atoms with E-state index in [0.29, 0.717) is 12.1 Å². The average Bonchev–Trinajstić information content (AvgIpc) is 2.42. The van der Waals surface area contributed by atoms with Crippen molar-refractivity contribution in [3.63, 3.8) is 0 Å². The van der Waals surface area contributed by atoms with Crippen molar-refractivity contribution in [2.45, 2.75) is 64.5 Å². The summed E-state index contributed by atoms with van der Waals surface area (Å²) in [6.45, 7) is 4.68. The van der Waals surface area contributed by atoms with Gasteiger partial charge in [0, 0.05) is 16.6 Å². The Labute approximate surface area is 126 Å². The largest absolute Gasteiger partial charge is 0.311 e. The van der Waals surface area contributed by atoms with Gasteiger partial charge in [0.15, 0.2) is 0 Å². The lowest BCUT2D eigenvalue weighted by Gasteiger charge is -2.30. The molecule has 2 unspecified atom stereocenters. The molecule has 0 spiro atoms. The Kier molecular flexibility index (Phi) is 5.90. The Morgan fingerprint density at radius 2 is 1.74 bits per heavy atom. The molecule has 1 N–H and O–H groups in total. The molecule has 19 heavy (non-hydrogen) atoms. The molecule has 0 aromatic heterocycles. The zero-order valence-corrected chi connectivity index (χ0v) is 13.7. The molecule has 2 rings (SSSR count). The first-order valence-electron chi connectivity index (χ1n) is 7.65. The average molecular weight is 324 g/mol. The van der Waals surface area contributed by atoms with E-state index in [1.165, 1.54) is 37.7 Å². The van der Waals surface area contributed by atoms with Crippen molar-refractivity contribution in [2.24, 2.45) is 5.92 Å². The van der Waals surface area contributed by atoms with Gasteiger partial charge in [-0.1, -0.05) is 47.3 Å². The summed E-state index contributed by atoms with van der Waals surface area (Å²) in [5.74, 6) is 0.890. The molecule has 1 nitrogen and oxygen atoms in total. The molecule has 1 aliphatic carbocycles. The van der Waals surface area contributed by atoms with E-state index in [2.05, 4.69) is 59.4 Å². The molecule has 0 aliphatic heterocycles. The lowest BCUT2D eigenvalue weighted by molar-refractivity contribution is 0.267. The van der Waals surface area contributed by atoms with Gasteiger partial charge in [-0.2, -0.15) is 0 Å². The molecule has 0 heterocycles. The molecule has 0 amide bonds. The first-order chi connectivity index (χ1) is 9.15. The van der Waals surface area contributed by atoms with Crippen LogP contribution < -0.4 is 5.32 Å². The fourth-order valence-electron chi connectivity index (χ4n) is 3.25. The van der Waals surface area contributed by atoms with Crippen molar-refractivity contribution >= 4 is 15.9 Å². The summed E-state index contributed by atoms with van der Waals surface area (Å²) in [5.41, 5.74) is 1.42. The van der Waals surface area contributed by atoms with Crippen LogP contribution >= 0.6 is 15.9 Å². The number of benzene rings is 1. The van der Waals surface area contributed by atoms with E-state index in [1.807, 2.05) is 0 Å². The van der Waals surface area contributed by atoms with Crippen molar-refractivity contribution in [1.29, 1.82) is 0 Å². The van der Waals surface area contributed by atoms with Gasteiger partial charge in [0.1, 0.15) is 0 Å². The van der Waals surface area contributed by atoms with Crippen LogP contribution in [0.15, 0.2) is 28.7 Å². The predicted octanol–water partition coefficient (Wildman–Crippen LogP) is 4.94. The molecular formula is C17H26BrN. The second kappa shape index (κ2) is 7.44. The van der Waals surface area contributed by atoms with Gasteiger partial charge in [0.05, 0.1) is 0 Å². The molecule has 0 saturated heterocycles. The minimum Gasteiger partial charge on any atom is -0.311 e. The van der Waals surface area contributed by atoms with Gasteiger partial charge in [0.25, 0.3) is 0 Å². The van der Waals surface area contributed by atoms with Gasteiger partial charge >= 0.3 is 0 Å². The third-order valence-electron chi connectivity index (χ3n) is 4.36. The van der Waals surface area contributed by atoms with E-state index < -0.39 is 0 Å². The minimum absolute atomic E-state index is 0.554. The molecule has 0 bridgehead atoms. The monoisotopic (exact) mass is 323 g/mol. The molecule has 2 heteroatoms. The summed E-state index contributed by atoms with van der Waals surface area (Å²) in [7, 11) is 0. The van der Waals surface area contributed by atoms with Crippen LogP contribution in [0.1, 0.15) is 51.5 Å². The number of hydrogen-bond acceptors (Lipinski definition) is 1. The second-order valence-corrected chi connectivity index (χ2v) is 7.00. The third-order valence-corrected chi connectivity index (χ3v) is 4.89. The molecule has 1 aromatic rings. The first-order valence-corrected chi connectivity index (χ1v) is 8.45. The van der Waals surface area contributed by atoms with E-state index in [-0.39, 0.29) is 0 Å². The third kappa shape index (κ3) is 4.92. The quantitative estimate of drug-likeness (QED) is 0.809. The van der Waals surface area contributed by atoms with Crippen LogP contribution in [0.25, 0.3) is 0 Å². The molecule has 1 saturated carbocycles. The number of nitrogens with one attached hydrogen (secondary N) is 1. The summed E-state index contributed by atoms with van der Waals surface area (Å²) in [6, 6.07) is 9.91. The van der Waals surface area contributed by atoms with Crippen molar-refractivity contribution in [1.82, 2.24) is 5.32 Å². The highest BCUT2D eigenvalue weighted by Gasteiger charge is 2.20. The molecule has 1 aliphatic rings. The van der Waals surface area contributed by atoms with Gasteiger partial charge in [-0.05, 0) is 56.7 Å². The Morgan fingerprint density at radius 3 is 2.37 bits per heavy atom. The van der Waals surface area contributed by atoms with Crippen LogP contribution in [0.3, 0.4) is 0 Å². The zero-order valence-electron chi connectivity index (χ0n) is 12.2. The summed E-state index contributed by atoms with van der Waals surface area (Å²) < 4.78 is 1.16. The molecule has 0 radical (unpaired) electrons. The van der Waals surface area contributed by atoms with Crippen molar-refractivity contribution in [2.75, 3.05) is 0 Å². The van der Waals surface area contributed by atoms with Crippen molar-refractivity contribution in [3.05, 3.63) is 34.3 Å². The Balaban J connectivity index is 1.79. The van der Waals surface area contributed by atoms with E-state index in [4.69, 9.17) is 0 Å². The molecule has 2 atom stereocenters. The van der Waals surface area contributed by atoms with Gasteiger partial charge < -0.3 is 5.32 Å². The maximum atomic E-state index is 3.80. The second-order valence-electron chi connectivity index (χ2n) is 6.09. The summed E-state index contributed by atoms with van der Waals surface area (Å²) in [6.07, 6.45) is 8.25. The summed E-state index contributed by atoms with van der Waals surface area (Å²) in [4.78, 5) is 0. The van der Waals surface area contributed by atoms with E-state index in [9.17, 15) is 0 Å². The Hall–Kier alpha value is -0.340. The number of hydrogen-bond donors (Lipinski definition) is 1. The van der Waals surface area contributed by atoms with Crippen LogP contribution in [-0.2, 0) is 6.42 Å². The van der Waals surface area contributed by atoms with Crippen LogP contribution in [0.2, 0.25) is 0 Å². The lowest BCUT2D eigenvalue weighted by Crippen LogP contribution is -2.41. The zero-order chi connectivity index (χ0) is 13.7. The van der Waals surface area contributed by atoms with Gasteiger partial charge in [-0.3, -0.25) is 0 Å². The fourth-order valence-corrected chi connectivity index (χ4v) is 3.52. The molecular weight excluding hydrogens is 298 g/mol. The first kappa shape index (κ1) is 15.1. The maximum Gasteiger partial charge on any atom is 0.0175 e. The summed E-state index contributed by atoms with van der Waals surface area (Å²) >= 11 is 3.49. The van der Waals surface area contributed by atoms with Gasteiger partial charge in [0.2, 0.25) is 0 Å². The lowest BCUT2D eigenvalue weighted by atomic mass is 9.84. The predicted molar refractivity (Wildman–Crippen MR) is 86.5 cm³/mol. The highest BCUT2D eigenvalue weighted by atomic mass is 79.9.